The van der Waals surface area contributed by atoms with Crippen LogP contribution in [0.5, 0.6) is 11.8 Å². The van der Waals surface area contributed by atoms with Gasteiger partial charge in [0.05, 0.1) is 23.0 Å². The average Bonchev–Trinajstić information content (AvgIpc) is 3.58. The van der Waals surface area contributed by atoms with Crippen molar-refractivity contribution in [1.82, 2.24) is 24.8 Å². The van der Waals surface area contributed by atoms with Gasteiger partial charge in [-0.2, -0.15) is 9.97 Å². The lowest BCUT2D eigenvalue weighted by atomic mass is 9.95. The van der Waals surface area contributed by atoms with E-state index in [0.29, 0.717) is 36.5 Å². The van der Waals surface area contributed by atoms with Gasteiger partial charge in [-0.25, -0.2) is 9.18 Å². The number of benzene rings is 1. The zero-order valence-corrected chi connectivity index (χ0v) is 21.6. The molecule has 2 N–H and O–H groups in total. The number of hydrogen-bond donors (Lipinski definition) is 2. The summed E-state index contributed by atoms with van der Waals surface area (Å²) in [6.45, 7) is 3.50. The van der Waals surface area contributed by atoms with Crippen molar-refractivity contribution in [3.05, 3.63) is 36.3 Å². The Hall–Kier alpha value is -3.73. The first-order valence-corrected chi connectivity index (χ1v) is 13.7. The first-order chi connectivity index (χ1) is 18.9. The molecule has 7 rings (SSSR count). The van der Waals surface area contributed by atoms with Crippen LogP contribution < -0.4 is 9.64 Å². The Morgan fingerprint density at radius 2 is 1.87 bits per heavy atom. The predicted molar refractivity (Wildman–Crippen MR) is 142 cm³/mol. The SMILES string of the molecule is O=C(O)N1C2CCC1CN(c1nc(OCC34CCCN3CCC4)nc3c(F)c(-c4cccc(O)c4)ncc13)C2. The molecule has 4 fully saturated rings. The normalized spacial score (nSPS) is 23.9. The molecule has 2 atom stereocenters. The number of amides is 1. The fourth-order valence-electron chi connectivity index (χ4n) is 7.23. The minimum atomic E-state index is -0.904. The number of carbonyl (C=O) groups is 1. The monoisotopic (exact) mass is 534 g/mol. The van der Waals surface area contributed by atoms with E-state index in [9.17, 15) is 15.0 Å². The predicted octanol–water partition coefficient (Wildman–Crippen LogP) is 3.87. The Balaban J connectivity index is 1.30. The van der Waals surface area contributed by atoms with Crippen LogP contribution in [0.4, 0.5) is 15.0 Å². The van der Waals surface area contributed by atoms with Crippen molar-refractivity contribution in [3.63, 3.8) is 0 Å². The molecule has 1 amide bonds. The van der Waals surface area contributed by atoms with Crippen LogP contribution in [0, 0.1) is 5.82 Å². The summed E-state index contributed by atoms with van der Waals surface area (Å²) in [5.74, 6) is -0.0804. The number of phenolic OH excluding ortho intramolecular Hbond substituents is 1. The fourth-order valence-corrected chi connectivity index (χ4v) is 7.23. The van der Waals surface area contributed by atoms with Crippen LogP contribution in [-0.4, -0.2) is 91.5 Å². The highest BCUT2D eigenvalue weighted by Crippen LogP contribution is 2.40. The highest BCUT2D eigenvalue weighted by molar-refractivity contribution is 5.92. The maximum Gasteiger partial charge on any atom is 0.407 e. The van der Waals surface area contributed by atoms with Gasteiger partial charge >= 0.3 is 12.1 Å². The molecule has 10 nitrogen and oxygen atoms in total. The molecule has 204 valence electrons. The van der Waals surface area contributed by atoms with Crippen molar-refractivity contribution in [3.8, 4) is 23.0 Å². The van der Waals surface area contributed by atoms with E-state index in [-0.39, 0.29) is 40.6 Å². The Bertz CT molecular complexity index is 1430. The molecule has 1 aromatic carbocycles. The van der Waals surface area contributed by atoms with Crippen LogP contribution >= 0.6 is 0 Å². The highest BCUT2D eigenvalue weighted by Gasteiger charge is 2.46. The van der Waals surface area contributed by atoms with Crippen LogP contribution in [0.25, 0.3) is 22.2 Å². The largest absolute Gasteiger partial charge is 0.508 e. The van der Waals surface area contributed by atoms with Gasteiger partial charge in [0.25, 0.3) is 0 Å². The molecule has 4 aliphatic rings. The fraction of sp³-hybridized carbons (Fsp3) is 0.500. The lowest BCUT2D eigenvalue weighted by Gasteiger charge is -2.40. The summed E-state index contributed by atoms with van der Waals surface area (Å²) in [5.41, 5.74) is 0.607. The zero-order chi connectivity index (χ0) is 26.7. The summed E-state index contributed by atoms with van der Waals surface area (Å²) >= 11 is 0. The second-order valence-corrected chi connectivity index (χ2v) is 11.3. The third-order valence-electron chi connectivity index (χ3n) is 9.05. The molecule has 2 unspecified atom stereocenters. The summed E-state index contributed by atoms with van der Waals surface area (Å²) in [4.78, 5) is 31.6. The number of hydrogen-bond acceptors (Lipinski definition) is 8. The second kappa shape index (κ2) is 9.18. The van der Waals surface area contributed by atoms with E-state index in [0.717, 1.165) is 51.6 Å². The summed E-state index contributed by atoms with van der Waals surface area (Å²) in [5, 5.41) is 20.1. The topological polar surface area (TPSA) is 115 Å². The van der Waals surface area contributed by atoms with Gasteiger partial charge in [0.2, 0.25) is 0 Å². The lowest BCUT2D eigenvalue weighted by molar-refractivity contribution is 0.107. The van der Waals surface area contributed by atoms with Crippen molar-refractivity contribution in [2.75, 3.05) is 37.7 Å². The number of pyridine rings is 1. The van der Waals surface area contributed by atoms with Crippen LogP contribution in [0.3, 0.4) is 0 Å². The number of halogens is 1. The maximum absolute atomic E-state index is 16.1. The maximum atomic E-state index is 16.1. The van der Waals surface area contributed by atoms with Crippen molar-refractivity contribution in [2.24, 2.45) is 0 Å². The summed E-state index contributed by atoms with van der Waals surface area (Å²) < 4.78 is 22.4. The van der Waals surface area contributed by atoms with E-state index < -0.39 is 11.9 Å². The molecule has 0 saturated carbocycles. The van der Waals surface area contributed by atoms with Crippen molar-refractivity contribution in [2.45, 2.75) is 56.1 Å². The number of piperazine rings is 1. The molecular weight excluding hydrogens is 503 g/mol. The summed E-state index contributed by atoms with van der Waals surface area (Å²) in [6, 6.07) is 6.14. The van der Waals surface area contributed by atoms with Gasteiger partial charge in [0.15, 0.2) is 5.82 Å². The van der Waals surface area contributed by atoms with Crippen LogP contribution in [-0.2, 0) is 0 Å². The number of anilines is 1. The van der Waals surface area contributed by atoms with Gasteiger partial charge in [-0.05, 0) is 63.7 Å². The van der Waals surface area contributed by atoms with E-state index >= 15 is 4.39 Å². The first-order valence-electron chi connectivity index (χ1n) is 13.7. The second-order valence-electron chi connectivity index (χ2n) is 11.3. The molecule has 2 aromatic heterocycles. The zero-order valence-electron chi connectivity index (χ0n) is 21.6. The Kier molecular flexibility index (Phi) is 5.73. The standard InChI is InChI=1S/C28H31FN6O4/c29-22-23(17-4-1-5-20(36)12-17)30-13-21-24(22)31-26(39-16-28-8-2-10-34(28)11-3-9-28)32-25(21)33-14-18-6-7-19(15-33)35(18)27(37)38/h1,4-5,12-13,18-19,36H,2-3,6-11,14-16H2,(H,37,38). The molecule has 3 aromatic rings. The molecular formula is C28H31FN6O4. The summed E-state index contributed by atoms with van der Waals surface area (Å²) in [6.07, 6.45) is 6.63. The first kappa shape index (κ1) is 24.3. The van der Waals surface area contributed by atoms with E-state index in [4.69, 9.17) is 9.72 Å². The third-order valence-corrected chi connectivity index (χ3v) is 9.05. The van der Waals surface area contributed by atoms with Gasteiger partial charge in [-0.3, -0.25) is 14.8 Å². The molecule has 0 aliphatic carbocycles. The van der Waals surface area contributed by atoms with Gasteiger partial charge in [0, 0.05) is 24.8 Å². The summed E-state index contributed by atoms with van der Waals surface area (Å²) in [7, 11) is 0. The number of aromatic hydroxyl groups is 1. The lowest BCUT2D eigenvalue weighted by Crippen LogP contribution is -2.55. The Morgan fingerprint density at radius 1 is 1.13 bits per heavy atom. The molecule has 2 bridgehead atoms. The minimum absolute atomic E-state index is 0.0184. The molecule has 4 aliphatic heterocycles. The number of aromatic nitrogens is 3. The van der Waals surface area contributed by atoms with Crippen LogP contribution in [0.1, 0.15) is 38.5 Å². The number of carboxylic acid groups (broad SMARTS) is 1. The van der Waals surface area contributed by atoms with E-state index in [1.807, 2.05) is 4.90 Å². The molecule has 6 heterocycles. The quantitative estimate of drug-likeness (QED) is 0.503. The minimum Gasteiger partial charge on any atom is -0.508 e. The van der Waals surface area contributed by atoms with E-state index in [1.54, 1.807) is 23.2 Å². The van der Waals surface area contributed by atoms with Gasteiger partial charge in [-0.15, -0.1) is 0 Å². The number of nitrogens with zero attached hydrogens (tertiary/aromatic N) is 6. The number of fused-ring (bicyclic) bond motifs is 4. The van der Waals surface area contributed by atoms with Crippen molar-refractivity contribution < 1.29 is 24.1 Å². The highest BCUT2D eigenvalue weighted by atomic mass is 19.1. The molecule has 4 saturated heterocycles. The molecule has 39 heavy (non-hydrogen) atoms. The van der Waals surface area contributed by atoms with Crippen molar-refractivity contribution >= 4 is 22.8 Å². The molecule has 11 heteroatoms. The van der Waals surface area contributed by atoms with Gasteiger partial charge < -0.3 is 19.8 Å². The van der Waals surface area contributed by atoms with Gasteiger partial charge in [-0.1, -0.05) is 12.1 Å². The third kappa shape index (κ3) is 4.02. The number of phenols is 1. The smallest absolute Gasteiger partial charge is 0.407 e. The van der Waals surface area contributed by atoms with Crippen molar-refractivity contribution in [1.29, 1.82) is 0 Å². The van der Waals surface area contributed by atoms with Gasteiger partial charge in [0.1, 0.15) is 29.4 Å². The Labute approximate surface area is 225 Å². The van der Waals surface area contributed by atoms with E-state index in [2.05, 4.69) is 14.9 Å². The van der Waals surface area contributed by atoms with Crippen LogP contribution in [0.2, 0.25) is 0 Å². The van der Waals surface area contributed by atoms with E-state index in [1.165, 1.54) is 12.1 Å². The molecule has 0 spiro atoms. The number of ether oxygens (including phenoxy) is 1. The molecule has 0 radical (unpaired) electrons. The Morgan fingerprint density at radius 3 is 2.56 bits per heavy atom. The van der Waals surface area contributed by atoms with Crippen LogP contribution in [0.15, 0.2) is 30.5 Å². The average molecular weight is 535 g/mol. The number of rotatable bonds is 5.